The van der Waals surface area contributed by atoms with Crippen LogP contribution in [-0.4, -0.2) is 32.4 Å². The smallest absolute Gasteiger partial charge is 1.00 e. The van der Waals surface area contributed by atoms with Gasteiger partial charge in [-0.25, -0.2) is 9.59 Å². The molecule has 116 valence electrons. The molecule has 2 aromatic carbocycles. The summed E-state index contributed by atoms with van der Waals surface area (Å²) in [6.45, 7) is 0. The minimum atomic E-state index is -1.31. The van der Waals surface area contributed by atoms with Crippen molar-refractivity contribution >= 4 is 23.3 Å². The van der Waals surface area contributed by atoms with Crippen LogP contribution in [0.3, 0.4) is 0 Å². The molecule has 0 saturated heterocycles. The van der Waals surface area contributed by atoms with Crippen molar-refractivity contribution in [1.29, 1.82) is 0 Å². The fourth-order valence-electron chi connectivity index (χ4n) is 1.63. The van der Waals surface area contributed by atoms with Crippen LogP contribution < -0.4 is 59.1 Å². The van der Waals surface area contributed by atoms with Gasteiger partial charge >= 0.3 is 71.1 Å². The van der Waals surface area contributed by atoms with Gasteiger partial charge in [-0.1, -0.05) is 0 Å². The molecule has 0 saturated carbocycles. The molecule has 24 heavy (non-hydrogen) atoms. The van der Waals surface area contributed by atoms with Crippen LogP contribution in [-0.2, 0) is 0 Å². The van der Waals surface area contributed by atoms with E-state index in [0.29, 0.717) is 0 Å². The molecule has 8 nitrogen and oxygen atoms in total. The van der Waals surface area contributed by atoms with Gasteiger partial charge in [-0.2, -0.15) is 10.2 Å². The number of benzene rings is 2. The van der Waals surface area contributed by atoms with Gasteiger partial charge in [0.05, 0.1) is 11.4 Å². The number of carboxylic acid groups (broad SMARTS) is 2. The maximum Gasteiger partial charge on any atom is 1.00 e. The van der Waals surface area contributed by atoms with Gasteiger partial charge in [-0.15, -0.1) is 0 Å². The minimum absolute atomic E-state index is 0. The van der Waals surface area contributed by atoms with Gasteiger partial charge in [0.25, 0.3) is 0 Å². The molecule has 0 aliphatic carbocycles. The van der Waals surface area contributed by atoms with Gasteiger partial charge in [0.15, 0.2) is 0 Å². The number of phenols is 2. The van der Waals surface area contributed by atoms with E-state index in [4.69, 9.17) is 10.2 Å². The second-order valence-corrected chi connectivity index (χ2v) is 4.21. The first-order chi connectivity index (χ1) is 10.4. The number of carbonyl (C=O) groups is 2. The number of hydrogen-bond acceptors (Lipinski definition) is 6. The summed E-state index contributed by atoms with van der Waals surface area (Å²) < 4.78 is 0. The number of aromatic carboxylic acids is 2. The first-order valence-electron chi connectivity index (χ1n) is 5.93. The fraction of sp³-hybridized carbons (Fsp3) is 0. The fourth-order valence-corrected chi connectivity index (χ4v) is 1.63. The molecular formula is C14H12N2Na2O6. The average Bonchev–Trinajstić information content (AvgIpc) is 2.47. The summed E-state index contributed by atoms with van der Waals surface area (Å²) in [5, 5.41) is 44.0. The average molecular weight is 350 g/mol. The van der Waals surface area contributed by atoms with E-state index in [-0.39, 0.29) is 84.5 Å². The van der Waals surface area contributed by atoms with Crippen molar-refractivity contribution in [3.8, 4) is 11.5 Å². The Balaban J connectivity index is -0.00000132. The Morgan fingerprint density at radius 1 is 0.750 bits per heavy atom. The second kappa shape index (κ2) is 9.77. The van der Waals surface area contributed by atoms with E-state index in [1.165, 1.54) is 12.1 Å². The van der Waals surface area contributed by atoms with Crippen molar-refractivity contribution in [2.24, 2.45) is 10.2 Å². The van der Waals surface area contributed by atoms with Crippen molar-refractivity contribution in [2.75, 3.05) is 0 Å². The maximum atomic E-state index is 10.9. The summed E-state index contributed by atoms with van der Waals surface area (Å²) in [5.74, 6) is -3.42. The molecule has 0 spiro atoms. The molecular weight excluding hydrogens is 338 g/mol. The quantitative estimate of drug-likeness (QED) is 0.346. The molecule has 0 fully saturated rings. The van der Waals surface area contributed by atoms with Crippen LogP contribution in [0.25, 0.3) is 0 Å². The third-order valence-corrected chi connectivity index (χ3v) is 2.70. The number of aromatic hydroxyl groups is 2. The Morgan fingerprint density at radius 2 is 1.08 bits per heavy atom. The third-order valence-electron chi connectivity index (χ3n) is 2.70. The molecule has 0 heterocycles. The van der Waals surface area contributed by atoms with E-state index in [2.05, 4.69) is 10.2 Å². The molecule has 10 heteroatoms. The summed E-state index contributed by atoms with van der Waals surface area (Å²) in [6.07, 6.45) is 0. The van der Waals surface area contributed by atoms with Crippen LogP contribution in [0.5, 0.6) is 11.5 Å². The maximum absolute atomic E-state index is 10.9. The second-order valence-electron chi connectivity index (χ2n) is 4.21. The Bertz CT molecular complexity index is 740. The Hall–Kier alpha value is -1.42. The number of carboxylic acids is 2. The number of hydrogen-bond donors (Lipinski definition) is 4. The van der Waals surface area contributed by atoms with Gasteiger partial charge in [0.2, 0.25) is 0 Å². The normalized spacial score (nSPS) is 9.83. The molecule has 4 N–H and O–H groups in total. The molecule has 0 atom stereocenters. The van der Waals surface area contributed by atoms with Gasteiger partial charge in [0.1, 0.15) is 22.6 Å². The van der Waals surface area contributed by atoms with Crippen LogP contribution in [0.4, 0.5) is 11.4 Å². The summed E-state index contributed by atoms with van der Waals surface area (Å²) in [4.78, 5) is 21.8. The van der Waals surface area contributed by atoms with Crippen molar-refractivity contribution in [3.05, 3.63) is 47.5 Å². The first-order valence-corrected chi connectivity index (χ1v) is 5.93. The Morgan fingerprint density at radius 3 is 1.38 bits per heavy atom. The Labute approximate surface area is 183 Å². The predicted molar refractivity (Wildman–Crippen MR) is 76.5 cm³/mol. The summed E-state index contributed by atoms with van der Waals surface area (Å²) in [6, 6.07) is 7.28. The van der Waals surface area contributed by atoms with Crippen molar-refractivity contribution in [3.63, 3.8) is 0 Å². The first kappa shape index (κ1) is 22.6. The van der Waals surface area contributed by atoms with E-state index in [9.17, 15) is 19.8 Å². The van der Waals surface area contributed by atoms with Crippen LogP contribution in [0.2, 0.25) is 0 Å². The molecule has 0 aromatic heterocycles. The zero-order valence-electron chi connectivity index (χ0n) is 15.0. The number of azo groups is 1. The van der Waals surface area contributed by atoms with Gasteiger partial charge < -0.3 is 23.3 Å². The minimum Gasteiger partial charge on any atom is -1.00 e. The number of nitrogens with zero attached hydrogens (tertiary/aromatic N) is 2. The zero-order chi connectivity index (χ0) is 16.3. The van der Waals surface area contributed by atoms with Crippen LogP contribution in [0, 0.1) is 0 Å². The molecule has 2 aromatic rings. The summed E-state index contributed by atoms with van der Waals surface area (Å²) in [7, 11) is 0. The van der Waals surface area contributed by atoms with E-state index in [1.54, 1.807) is 0 Å². The van der Waals surface area contributed by atoms with Crippen molar-refractivity contribution in [2.45, 2.75) is 0 Å². The van der Waals surface area contributed by atoms with E-state index < -0.39 is 23.4 Å². The van der Waals surface area contributed by atoms with Gasteiger partial charge in [0, 0.05) is 0 Å². The molecule has 0 aliphatic rings. The Kier molecular flexibility index (Phi) is 9.20. The van der Waals surface area contributed by atoms with Crippen molar-refractivity contribution < 1.29 is 92.0 Å². The topological polar surface area (TPSA) is 140 Å². The molecule has 0 radical (unpaired) electrons. The van der Waals surface area contributed by atoms with Crippen LogP contribution in [0.1, 0.15) is 23.6 Å². The SMILES string of the molecule is O=C(O)c1cc(N=Nc2ccc(O)c(C(=O)O)c2)ccc1O.[H-].[H-].[Na+].[Na+]. The van der Waals surface area contributed by atoms with E-state index in [0.717, 1.165) is 24.3 Å². The van der Waals surface area contributed by atoms with E-state index in [1.807, 2.05) is 0 Å². The molecule has 0 aliphatic heterocycles. The van der Waals surface area contributed by atoms with Crippen LogP contribution >= 0.6 is 0 Å². The monoisotopic (exact) mass is 350 g/mol. The standard InChI is InChI=1S/C14H10N2O6.2Na.2H/c17-11-3-1-7(5-9(11)13(19)20)15-16-8-2-4-12(18)10(6-8)14(21)22;;;;/h1-6,17-18H,(H,19,20)(H,21,22);;;;/q;2*+1;2*-1. The molecule has 0 unspecified atom stereocenters. The summed E-state index contributed by atoms with van der Waals surface area (Å²) in [5.41, 5.74) is -0.318. The molecule has 0 amide bonds. The molecule has 2 rings (SSSR count). The van der Waals surface area contributed by atoms with Crippen molar-refractivity contribution in [1.82, 2.24) is 0 Å². The third kappa shape index (κ3) is 5.59. The van der Waals surface area contributed by atoms with E-state index >= 15 is 0 Å². The molecule has 0 bridgehead atoms. The van der Waals surface area contributed by atoms with Crippen LogP contribution in [0.15, 0.2) is 46.6 Å². The van der Waals surface area contributed by atoms with Gasteiger partial charge in [-0.3, -0.25) is 0 Å². The largest absolute Gasteiger partial charge is 1.00 e. The zero-order valence-corrected chi connectivity index (χ0v) is 17.0. The summed E-state index contributed by atoms with van der Waals surface area (Å²) >= 11 is 0. The predicted octanol–water partition coefficient (Wildman–Crippen LogP) is -2.86. The van der Waals surface area contributed by atoms with Gasteiger partial charge in [-0.05, 0) is 36.4 Å². The number of rotatable bonds is 4.